The Labute approximate surface area is 69.4 Å². The number of halogens is 1. The Morgan fingerprint density at radius 1 is 1.55 bits per heavy atom. The van der Waals surface area contributed by atoms with Gasteiger partial charge in [0, 0.05) is 12.4 Å². The molecule has 0 aliphatic heterocycles. The highest BCUT2D eigenvalue weighted by atomic mass is 35.5. The summed E-state index contributed by atoms with van der Waals surface area (Å²) in [6.45, 7) is 0. The third kappa shape index (κ3) is 0.904. The van der Waals surface area contributed by atoms with E-state index in [0.29, 0.717) is 16.3 Å². The van der Waals surface area contributed by atoms with Gasteiger partial charge in [0.15, 0.2) is 0 Å². The van der Waals surface area contributed by atoms with Crippen LogP contribution in [0.5, 0.6) is 0 Å². The van der Waals surface area contributed by atoms with Gasteiger partial charge in [0.2, 0.25) is 0 Å². The predicted octanol–water partition coefficient (Wildman–Crippen LogP) is 0.176. The van der Waals surface area contributed by atoms with Crippen molar-refractivity contribution in [2.24, 2.45) is 0 Å². The van der Waals surface area contributed by atoms with E-state index in [1.165, 1.54) is 10.7 Å². The summed E-state index contributed by atoms with van der Waals surface area (Å²) in [5.74, 6) is 0. The molecule has 2 rings (SSSR count). The number of fused-ring (bicyclic) bond motifs is 1. The van der Waals surface area contributed by atoms with Crippen molar-refractivity contribution >= 4 is 30.6 Å². The minimum Gasteiger partial charge on any atom is -0.238 e. The Kier molecular flexibility index (Phi) is 1.36. The zero-order valence-electron chi connectivity index (χ0n) is 5.53. The maximum Gasteiger partial charge on any atom is 0.149 e. The summed E-state index contributed by atoms with van der Waals surface area (Å²) >= 11 is 5.78. The van der Waals surface area contributed by atoms with Gasteiger partial charge >= 0.3 is 0 Å². The van der Waals surface area contributed by atoms with Gasteiger partial charge in [-0.1, -0.05) is 11.6 Å². The van der Waals surface area contributed by atoms with Crippen molar-refractivity contribution in [3.63, 3.8) is 0 Å². The van der Waals surface area contributed by atoms with Crippen molar-refractivity contribution in [2.45, 2.75) is 0 Å². The van der Waals surface area contributed by atoms with Crippen molar-refractivity contribution in [3.05, 3.63) is 23.6 Å². The molecule has 3 nitrogen and oxygen atoms in total. The molecule has 52 valence electrons. The molecule has 11 heavy (non-hydrogen) atoms. The molecule has 0 N–H and O–H groups in total. The molecule has 0 saturated heterocycles. The van der Waals surface area contributed by atoms with E-state index >= 15 is 0 Å². The third-order valence-electron chi connectivity index (χ3n) is 1.38. The lowest BCUT2D eigenvalue weighted by molar-refractivity contribution is 0.940. The molecule has 5 heteroatoms. The van der Waals surface area contributed by atoms with E-state index in [0.717, 1.165) is 0 Å². The van der Waals surface area contributed by atoms with Gasteiger partial charge in [-0.2, -0.15) is 5.10 Å². The zero-order valence-corrected chi connectivity index (χ0v) is 6.28. The quantitative estimate of drug-likeness (QED) is 0.410. The maximum absolute atomic E-state index is 5.78. The Bertz CT molecular complexity index is 398. The van der Waals surface area contributed by atoms with Crippen LogP contribution < -0.4 is 5.46 Å². The van der Waals surface area contributed by atoms with Crippen LogP contribution in [0, 0.1) is 0 Å². The lowest BCUT2D eigenvalue weighted by Gasteiger charge is -1.93. The second kappa shape index (κ2) is 2.24. The Hall–Kier alpha value is -1.03. The van der Waals surface area contributed by atoms with Gasteiger partial charge in [-0.05, 0) is 11.5 Å². The van der Waals surface area contributed by atoms with E-state index in [9.17, 15) is 0 Å². The maximum atomic E-state index is 5.78. The van der Waals surface area contributed by atoms with Crippen molar-refractivity contribution in [3.8, 4) is 0 Å². The highest BCUT2D eigenvalue weighted by Crippen LogP contribution is 2.06. The number of hydrogen-bond acceptors (Lipinski definition) is 2. The molecule has 2 aromatic rings. The topological polar surface area (TPSA) is 30.2 Å². The normalized spacial score (nSPS) is 10.6. The van der Waals surface area contributed by atoms with Gasteiger partial charge in [-0.15, -0.1) is 0 Å². The zero-order chi connectivity index (χ0) is 7.84. The fourth-order valence-corrected chi connectivity index (χ4v) is 1.06. The van der Waals surface area contributed by atoms with Gasteiger partial charge in [0.1, 0.15) is 18.6 Å². The van der Waals surface area contributed by atoms with E-state index in [2.05, 4.69) is 10.1 Å². The molecular weight excluding hydrogens is 160 g/mol. The molecule has 0 unspecified atom stereocenters. The van der Waals surface area contributed by atoms with Gasteiger partial charge in [-0.3, -0.25) is 0 Å². The highest BCUT2D eigenvalue weighted by Gasteiger charge is 2.01. The Balaban J connectivity index is 2.94. The van der Waals surface area contributed by atoms with Crippen LogP contribution in [0.3, 0.4) is 0 Å². The van der Waals surface area contributed by atoms with E-state index < -0.39 is 0 Å². The minimum atomic E-state index is 0.506. The van der Waals surface area contributed by atoms with Gasteiger partial charge in [0.05, 0.1) is 0 Å². The number of aromatic nitrogens is 3. The average Bonchev–Trinajstić information content (AvgIpc) is 2.35. The van der Waals surface area contributed by atoms with Crippen molar-refractivity contribution in [2.75, 3.05) is 0 Å². The van der Waals surface area contributed by atoms with E-state index in [1.807, 2.05) is 0 Å². The number of nitrogens with zero attached hydrogens (tertiary/aromatic N) is 3. The van der Waals surface area contributed by atoms with Crippen LogP contribution in [0.2, 0.25) is 5.15 Å². The average molecular weight is 163 g/mol. The smallest absolute Gasteiger partial charge is 0.149 e. The first-order chi connectivity index (χ1) is 5.29. The van der Waals surface area contributed by atoms with Crippen LogP contribution in [-0.2, 0) is 0 Å². The summed E-state index contributed by atoms with van der Waals surface area (Å²) < 4.78 is 1.48. The van der Waals surface area contributed by atoms with Gasteiger partial charge in [0.25, 0.3) is 0 Å². The summed E-state index contributed by atoms with van der Waals surface area (Å²) in [5, 5.41) is 4.42. The van der Waals surface area contributed by atoms with Gasteiger partial charge in [-0.25, -0.2) is 9.50 Å². The fourth-order valence-electron chi connectivity index (χ4n) is 0.880. The molecule has 0 aliphatic carbocycles. The molecule has 0 bridgehead atoms. The minimum absolute atomic E-state index is 0.506. The SMILES string of the molecule is [B]c1cnn2c(Cl)ccnc12. The molecule has 2 aromatic heterocycles. The molecular formula is C6H3BClN3. The predicted molar refractivity (Wildman–Crippen MR) is 43.4 cm³/mol. The summed E-state index contributed by atoms with van der Waals surface area (Å²) in [5.41, 5.74) is 1.13. The largest absolute Gasteiger partial charge is 0.238 e. The second-order valence-electron chi connectivity index (χ2n) is 2.10. The Morgan fingerprint density at radius 2 is 2.36 bits per heavy atom. The summed E-state index contributed by atoms with van der Waals surface area (Å²) in [6, 6.07) is 1.65. The lowest BCUT2D eigenvalue weighted by atomic mass is 10.0. The number of hydrogen-bond donors (Lipinski definition) is 0. The highest BCUT2D eigenvalue weighted by molar-refractivity contribution is 6.36. The first-order valence-electron chi connectivity index (χ1n) is 3.03. The summed E-state index contributed by atoms with van der Waals surface area (Å²) in [6.07, 6.45) is 3.12. The van der Waals surface area contributed by atoms with Crippen LogP contribution in [0.15, 0.2) is 18.5 Å². The molecule has 0 aromatic carbocycles. The molecule has 0 amide bonds. The van der Waals surface area contributed by atoms with E-state index in [-0.39, 0.29) is 0 Å². The summed E-state index contributed by atoms with van der Waals surface area (Å²) in [4.78, 5) is 3.99. The van der Waals surface area contributed by atoms with Crippen LogP contribution in [-0.4, -0.2) is 22.4 Å². The van der Waals surface area contributed by atoms with Crippen LogP contribution in [0.1, 0.15) is 0 Å². The molecule has 2 radical (unpaired) electrons. The second-order valence-corrected chi connectivity index (χ2v) is 2.49. The van der Waals surface area contributed by atoms with Gasteiger partial charge < -0.3 is 0 Å². The van der Waals surface area contributed by atoms with Crippen LogP contribution in [0.25, 0.3) is 5.65 Å². The molecule has 2 heterocycles. The first kappa shape index (κ1) is 6.67. The Morgan fingerprint density at radius 3 is 3.09 bits per heavy atom. The molecule has 0 saturated carbocycles. The van der Waals surface area contributed by atoms with E-state index in [4.69, 9.17) is 19.4 Å². The molecule has 0 spiro atoms. The molecule has 0 fully saturated rings. The number of rotatable bonds is 0. The van der Waals surface area contributed by atoms with Crippen molar-refractivity contribution in [1.29, 1.82) is 0 Å². The summed E-state index contributed by atoms with van der Waals surface area (Å²) in [7, 11) is 5.54. The van der Waals surface area contributed by atoms with Crippen molar-refractivity contribution < 1.29 is 0 Å². The van der Waals surface area contributed by atoms with Crippen molar-refractivity contribution in [1.82, 2.24) is 14.6 Å². The van der Waals surface area contributed by atoms with E-state index in [1.54, 1.807) is 12.3 Å². The lowest BCUT2D eigenvalue weighted by Crippen LogP contribution is -2.02. The monoisotopic (exact) mass is 163 g/mol. The first-order valence-corrected chi connectivity index (χ1v) is 3.40. The van der Waals surface area contributed by atoms with Crippen LogP contribution >= 0.6 is 11.6 Å². The van der Waals surface area contributed by atoms with Crippen LogP contribution in [0.4, 0.5) is 0 Å². The third-order valence-corrected chi connectivity index (χ3v) is 1.67. The fraction of sp³-hybridized carbons (Fsp3) is 0. The standard InChI is InChI=1S/C6H3BClN3/c7-4-3-10-11-5(8)1-2-9-6(4)11/h1-3H. The molecule has 0 aliphatic rings. The molecule has 0 atom stereocenters.